The number of hydrogen-bond acceptors (Lipinski definition) is 6. The van der Waals surface area contributed by atoms with Crippen molar-refractivity contribution in [3.8, 4) is 11.7 Å². The average molecular weight is 326 g/mol. The number of rotatable bonds is 6. The third kappa shape index (κ3) is 4.94. The summed E-state index contributed by atoms with van der Waals surface area (Å²) >= 11 is 5.85. The predicted molar refractivity (Wildman–Crippen MR) is 83.4 cm³/mol. The maximum absolute atomic E-state index is 9.93. The monoisotopic (exact) mass is 325 g/mol. The summed E-state index contributed by atoms with van der Waals surface area (Å²) in [6, 6.07) is 7.26. The van der Waals surface area contributed by atoms with E-state index in [1.54, 1.807) is 24.3 Å². The summed E-state index contributed by atoms with van der Waals surface area (Å²) in [6.07, 6.45) is -0.658. The standard InChI is InChI=1S/C14H20ClN5O2/c1-14(2,3)16-8-12(21)9-22-13-17-18-19-20(13)11-6-4-10(15)5-7-11/h4-7,12,16,21H,8-9H2,1-3H3. The fraction of sp³-hybridized carbons (Fsp3) is 0.500. The van der Waals surface area contributed by atoms with Gasteiger partial charge in [-0.05, 0) is 55.5 Å². The van der Waals surface area contributed by atoms with E-state index < -0.39 is 6.10 Å². The van der Waals surface area contributed by atoms with Gasteiger partial charge in [-0.3, -0.25) is 0 Å². The lowest BCUT2D eigenvalue weighted by molar-refractivity contribution is 0.0938. The molecule has 8 heteroatoms. The van der Waals surface area contributed by atoms with Gasteiger partial charge in [-0.25, -0.2) is 0 Å². The zero-order chi connectivity index (χ0) is 16.2. The molecule has 2 N–H and O–H groups in total. The SMILES string of the molecule is CC(C)(C)NCC(O)COc1nnnn1-c1ccc(Cl)cc1. The minimum Gasteiger partial charge on any atom is -0.459 e. The van der Waals surface area contributed by atoms with Crippen LogP contribution in [0.25, 0.3) is 5.69 Å². The van der Waals surface area contributed by atoms with Crippen LogP contribution in [0.15, 0.2) is 24.3 Å². The Kier molecular flexibility index (Phi) is 5.33. The minimum absolute atomic E-state index is 0.0636. The second-order valence-corrected chi connectivity index (χ2v) is 6.38. The zero-order valence-corrected chi connectivity index (χ0v) is 13.6. The highest BCUT2D eigenvalue weighted by Gasteiger charge is 2.15. The Morgan fingerprint density at radius 2 is 2.00 bits per heavy atom. The number of ether oxygens (including phenoxy) is 1. The Labute approximate surface area is 134 Å². The lowest BCUT2D eigenvalue weighted by Gasteiger charge is -2.22. The number of β-amino-alcohol motifs (C(OH)–C–C–N with tert-alkyl or cyclic N) is 1. The molecule has 0 aliphatic heterocycles. The van der Waals surface area contributed by atoms with Gasteiger partial charge in [0.05, 0.1) is 5.69 Å². The molecule has 0 bridgehead atoms. The predicted octanol–water partition coefficient (Wildman–Crippen LogP) is 1.44. The van der Waals surface area contributed by atoms with Gasteiger partial charge in [0.15, 0.2) is 0 Å². The molecule has 0 fully saturated rings. The van der Waals surface area contributed by atoms with Crippen LogP contribution in [0, 0.1) is 0 Å². The highest BCUT2D eigenvalue weighted by atomic mass is 35.5. The van der Waals surface area contributed by atoms with Crippen molar-refractivity contribution in [3.63, 3.8) is 0 Å². The van der Waals surface area contributed by atoms with E-state index >= 15 is 0 Å². The van der Waals surface area contributed by atoms with Crippen molar-refractivity contribution in [1.29, 1.82) is 0 Å². The molecule has 120 valence electrons. The Balaban J connectivity index is 1.94. The third-order valence-corrected chi connectivity index (χ3v) is 3.04. The normalized spacial score (nSPS) is 13.1. The Bertz CT molecular complexity index is 594. The van der Waals surface area contributed by atoms with Gasteiger partial charge in [-0.1, -0.05) is 16.7 Å². The van der Waals surface area contributed by atoms with Gasteiger partial charge in [-0.15, -0.1) is 0 Å². The van der Waals surface area contributed by atoms with E-state index in [9.17, 15) is 5.11 Å². The molecule has 0 aliphatic rings. The van der Waals surface area contributed by atoms with Crippen LogP contribution in [0.3, 0.4) is 0 Å². The molecule has 0 saturated heterocycles. The van der Waals surface area contributed by atoms with Crippen LogP contribution in [0.1, 0.15) is 20.8 Å². The molecule has 1 aromatic carbocycles. The second-order valence-electron chi connectivity index (χ2n) is 5.95. The summed E-state index contributed by atoms with van der Waals surface area (Å²) in [4.78, 5) is 0. The fourth-order valence-electron chi connectivity index (χ4n) is 1.67. The van der Waals surface area contributed by atoms with E-state index in [-0.39, 0.29) is 18.2 Å². The summed E-state index contributed by atoms with van der Waals surface area (Å²) in [7, 11) is 0. The molecule has 7 nitrogen and oxygen atoms in total. The molecule has 1 unspecified atom stereocenters. The van der Waals surface area contributed by atoms with Gasteiger partial charge >= 0.3 is 6.01 Å². The molecule has 0 amide bonds. The van der Waals surface area contributed by atoms with Crippen LogP contribution >= 0.6 is 11.6 Å². The summed E-state index contributed by atoms with van der Waals surface area (Å²) in [5, 5.41) is 25.0. The highest BCUT2D eigenvalue weighted by molar-refractivity contribution is 6.30. The number of benzene rings is 1. The topological polar surface area (TPSA) is 85.1 Å². The summed E-state index contributed by atoms with van der Waals surface area (Å²) in [5.41, 5.74) is 0.665. The third-order valence-electron chi connectivity index (χ3n) is 2.78. The second kappa shape index (κ2) is 7.04. The van der Waals surface area contributed by atoms with Crippen molar-refractivity contribution >= 4 is 11.6 Å². The van der Waals surface area contributed by atoms with Crippen LogP contribution < -0.4 is 10.1 Å². The van der Waals surface area contributed by atoms with E-state index in [1.165, 1.54) is 4.68 Å². The molecule has 22 heavy (non-hydrogen) atoms. The number of aromatic nitrogens is 4. The lowest BCUT2D eigenvalue weighted by Crippen LogP contribution is -2.42. The van der Waals surface area contributed by atoms with Gasteiger partial charge in [0.2, 0.25) is 0 Å². The number of nitrogens with one attached hydrogen (secondary N) is 1. The van der Waals surface area contributed by atoms with E-state index in [0.717, 1.165) is 5.69 Å². The Morgan fingerprint density at radius 3 is 2.64 bits per heavy atom. The summed E-state index contributed by atoms with van der Waals surface area (Å²) < 4.78 is 6.94. The van der Waals surface area contributed by atoms with Gasteiger partial charge in [-0.2, -0.15) is 4.68 Å². The fourth-order valence-corrected chi connectivity index (χ4v) is 1.79. The molecule has 0 saturated carbocycles. The van der Waals surface area contributed by atoms with E-state index in [2.05, 4.69) is 20.8 Å². The quantitative estimate of drug-likeness (QED) is 0.836. The number of hydrogen-bond donors (Lipinski definition) is 2. The van der Waals surface area contributed by atoms with Crippen molar-refractivity contribution in [3.05, 3.63) is 29.3 Å². The van der Waals surface area contributed by atoms with Gasteiger partial charge in [0, 0.05) is 17.1 Å². The molecular formula is C14H20ClN5O2. The number of halogens is 1. The van der Waals surface area contributed by atoms with Crippen LogP contribution in [0.5, 0.6) is 6.01 Å². The Morgan fingerprint density at radius 1 is 1.32 bits per heavy atom. The molecule has 2 aromatic rings. The molecular weight excluding hydrogens is 306 g/mol. The average Bonchev–Trinajstić information content (AvgIpc) is 2.91. The maximum atomic E-state index is 9.93. The molecule has 0 aliphatic carbocycles. The zero-order valence-electron chi connectivity index (χ0n) is 12.8. The van der Waals surface area contributed by atoms with Gasteiger partial charge in [0.1, 0.15) is 12.7 Å². The number of tetrazole rings is 1. The van der Waals surface area contributed by atoms with Crippen LogP contribution in [0.4, 0.5) is 0 Å². The molecule has 1 aromatic heterocycles. The van der Waals surface area contributed by atoms with Crippen LogP contribution in [-0.2, 0) is 0 Å². The minimum atomic E-state index is -0.658. The smallest absolute Gasteiger partial charge is 0.340 e. The summed E-state index contributed by atoms with van der Waals surface area (Å²) in [6.45, 7) is 6.61. The lowest BCUT2D eigenvalue weighted by atomic mass is 10.1. The first-order valence-corrected chi connectivity index (χ1v) is 7.33. The van der Waals surface area contributed by atoms with Crippen LogP contribution in [-0.4, -0.2) is 50.1 Å². The molecule has 0 spiro atoms. The van der Waals surface area contributed by atoms with Crippen LogP contribution in [0.2, 0.25) is 5.02 Å². The van der Waals surface area contributed by atoms with Crippen molar-refractivity contribution < 1.29 is 9.84 Å². The first kappa shape index (κ1) is 16.7. The van der Waals surface area contributed by atoms with E-state index in [4.69, 9.17) is 16.3 Å². The molecule has 0 radical (unpaired) electrons. The van der Waals surface area contributed by atoms with Crippen molar-refractivity contribution in [2.75, 3.05) is 13.2 Å². The summed E-state index contributed by atoms with van der Waals surface area (Å²) in [5.74, 6) is 0. The number of aliphatic hydroxyl groups is 1. The molecule has 1 atom stereocenters. The van der Waals surface area contributed by atoms with Crippen molar-refractivity contribution in [2.45, 2.75) is 32.4 Å². The van der Waals surface area contributed by atoms with Crippen molar-refractivity contribution in [1.82, 2.24) is 25.5 Å². The largest absolute Gasteiger partial charge is 0.459 e. The molecule has 1 heterocycles. The van der Waals surface area contributed by atoms with Crippen molar-refractivity contribution in [2.24, 2.45) is 0 Å². The van der Waals surface area contributed by atoms with E-state index in [0.29, 0.717) is 11.6 Å². The van der Waals surface area contributed by atoms with Gasteiger partial charge in [0.25, 0.3) is 0 Å². The molecule has 2 rings (SSSR count). The highest BCUT2D eigenvalue weighted by Crippen LogP contribution is 2.16. The Hall–Kier alpha value is -1.70. The first-order valence-electron chi connectivity index (χ1n) is 6.95. The number of aliphatic hydroxyl groups excluding tert-OH is 1. The number of nitrogens with zero attached hydrogens (tertiary/aromatic N) is 4. The van der Waals surface area contributed by atoms with E-state index in [1.807, 2.05) is 20.8 Å². The maximum Gasteiger partial charge on any atom is 0.340 e. The van der Waals surface area contributed by atoms with Gasteiger partial charge < -0.3 is 15.2 Å². The first-order chi connectivity index (χ1) is 10.3.